The topological polar surface area (TPSA) is 35.8 Å². The maximum Gasteiger partial charge on any atom is 0.0684 e. The summed E-state index contributed by atoms with van der Waals surface area (Å²) in [5.74, 6) is 0. The van der Waals surface area contributed by atoms with Crippen LogP contribution in [0.25, 0.3) is 0 Å². The molecule has 0 aromatic heterocycles. The summed E-state index contributed by atoms with van der Waals surface area (Å²) in [5.41, 5.74) is 2.41. The van der Waals surface area contributed by atoms with Crippen LogP contribution >= 0.6 is 0 Å². The Kier molecular flexibility index (Phi) is 4.72. The van der Waals surface area contributed by atoms with Crippen LogP contribution in [0.5, 0.6) is 0 Å². The fraction of sp³-hybridized carbons (Fsp3) is 0.533. The van der Waals surface area contributed by atoms with Gasteiger partial charge in [-0.15, -0.1) is 0 Å². The molecule has 0 saturated heterocycles. The summed E-state index contributed by atoms with van der Waals surface area (Å²) in [4.78, 5) is 0. The Morgan fingerprint density at radius 1 is 1.35 bits per heavy atom. The van der Waals surface area contributed by atoms with Crippen molar-refractivity contribution in [1.29, 1.82) is 5.26 Å². The van der Waals surface area contributed by atoms with Crippen molar-refractivity contribution in [2.24, 2.45) is 5.41 Å². The molecule has 1 aromatic rings. The lowest BCUT2D eigenvalue weighted by Crippen LogP contribution is -2.24. The minimum atomic E-state index is -0.238. The predicted octanol–water partition coefficient (Wildman–Crippen LogP) is 3.59. The summed E-state index contributed by atoms with van der Waals surface area (Å²) in [6, 6.07) is 11.1. The van der Waals surface area contributed by atoms with E-state index < -0.39 is 0 Å². The highest BCUT2D eigenvalue weighted by atomic mass is 14.9. The standard InChI is InChI=1S/C15H22N2/c1-12-7-5-6-8-14(12)13(2)17-10-9-15(3,4)11-16/h5-8,13,17H,9-10H2,1-4H3/t13-/m1/s1. The highest BCUT2D eigenvalue weighted by Gasteiger charge is 2.16. The van der Waals surface area contributed by atoms with E-state index in [1.807, 2.05) is 13.8 Å². The minimum absolute atomic E-state index is 0.238. The molecule has 2 heteroatoms. The van der Waals surface area contributed by atoms with E-state index in [0.717, 1.165) is 13.0 Å². The average Bonchev–Trinajstić information content (AvgIpc) is 2.29. The molecule has 1 atom stereocenters. The number of aryl methyl sites for hydroxylation is 1. The molecule has 0 bridgehead atoms. The number of hydrogen-bond donors (Lipinski definition) is 1. The summed E-state index contributed by atoms with van der Waals surface area (Å²) in [5, 5.41) is 12.4. The smallest absolute Gasteiger partial charge is 0.0684 e. The predicted molar refractivity (Wildman–Crippen MR) is 71.6 cm³/mol. The van der Waals surface area contributed by atoms with Gasteiger partial charge < -0.3 is 5.32 Å². The van der Waals surface area contributed by atoms with Crippen LogP contribution in [0.1, 0.15) is 44.4 Å². The molecule has 1 rings (SSSR count). The van der Waals surface area contributed by atoms with Crippen LogP contribution < -0.4 is 5.32 Å². The summed E-state index contributed by atoms with van der Waals surface area (Å²) in [7, 11) is 0. The van der Waals surface area contributed by atoms with Gasteiger partial charge in [0.2, 0.25) is 0 Å². The number of benzene rings is 1. The molecule has 0 amide bonds. The molecule has 92 valence electrons. The molecule has 1 N–H and O–H groups in total. The lowest BCUT2D eigenvalue weighted by atomic mass is 9.91. The zero-order valence-electron chi connectivity index (χ0n) is 11.2. The maximum absolute atomic E-state index is 8.94. The van der Waals surface area contributed by atoms with Gasteiger partial charge in [-0.1, -0.05) is 24.3 Å². The molecule has 17 heavy (non-hydrogen) atoms. The van der Waals surface area contributed by atoms with Gasteiger partial charge in [-0.2, -0.15) is 5.26 Å². The lowest BCUT2D eigenvalue weighted by Gasteiger charge is -2.20. The molecule has 0 aliphatic carbocycles. The largest absolute Gasteiger partial charge is 0.310 e. The van der Waals surface area contributed by atoms with Gasteiger partial charge in [0.1, 0.15) is 0 Å². The van der Waals surface area contributed by atoms with Gasteiger partial charge in [-0.3, -0.25) is 0 Å². The van der Waals surface area contributed by atoms with E-state index >= 15 is 0 Å². The first-order valence-corrected chi connectivity index (χ1v) is 6.16. The average molecular weight is 230 g/mol. The van der Waals surface area contributed by atoms with Crippen LogP contribution in [0.3, 0.4) is 0 Å². The van der Waals surface area contributed by atoms with Crippen molar-refractivity contribution in [2.75, 3.05) is 6.54 Å². The fourth-order valence-corrected chi connectivity index (χ4v) is 1.84. The minimum Gasteiger partial charge on any atom is -0.310 e. The second-order valence-electron chi connectivity index (χ2n) is 5.28. The molecule has 0 fully saturated rings. The molecule has 2 nitrogen and oxygen atoms in total. The molecule has 1 aromatic carbocycles. The second-order valence-corrected chi connectivity index (χ2v) is 5.28. The van der Waals surface area contributed by atoms with Crippen molar-refractivity contribution in [1.82, 2.24) is 5.32 Å². The Bertz CT molecular complexity index is 402. The van der Waals surface area contributed by atoms with E-state index in [2.05, 4.69) is 49.5 Å². The third kappa shape index (κ3) is 4.20. The van der Waals surface area contributed by atoms with Crippen LogP contribution in [0.15, 0.2) is 24.3 Å². The van der Waals surface area contributed by atoms with Gasteiger partial charge in [0.05, 0.1) is 11.5 Å². The molecule has 0 heterocycles. The van der Waals surface area contributed by atoms with Crippen molar-refractivity contribution in [3.63, 3.8) is 0 Å². The van der Waals surface area contributed by atoms with Crippen molar-refractivity contribution in [3.8, 4) is 6.07 Å². The van der Waals surface area contributed by atoms with Crippen LogP contribution in [-0.4, -0.2) is 6.54 Å². The van der Waals surface area contributed by atoms with Gasteiger partial charge in [-0.05, 0) is 51.8 Å². The molecular formula is C15H22N2. The molecular weight excluding hydrogens is 208 g/mol. The number of rotatable bonds is 5. The number of nitriles is 1. The Labute approximate surface area is 105 Å². The quantitative estimate of drug-likeness (QED) is 0.839. The SMILES string of the molecule is Cc1ccccc1[C@@H](C)NCCC(C)(C)C#N. The van der Waals surface area contributed by atoms with E-state index in [9.17, 15) is 0 Å². The molecule has 0 spiro atoms. The maximum atomic E-state index is 8.94. The fourth-order valence-electron chi connectivity index (χ4n) is 1.84. The summed E-state index contributed by atoms with van der Waals surface area (Å²) < 4.78 is 0. The molecule has 0 radical (unpaired) electrons. The van der Waals surface area contributed by atoms with Crippen molar-refractivity contribution in [2.45, 2.75) is 40.2 Å². The highest BCUT2D eigenvalue weighted by Crippen LogP contribution is 2.20. The third-order valence-electron chi connectivity index (χ3n) is 3.16. The first-order valence-electron chi connectivity index (χ1n) is 6.16. The van der Waals surface area contributed by atoms with E-state index in [1.165, 1.54) is 11.1 Å². The summed E-state index contributed by atoms with van der Waals surface area (Å²) in [6.07, 6.45) is 0.875. The second kappa shape index (κ2) is 5.84. The lowest BCUT2D eigenvalue weighted by molar-refractivity contribution is 0.416. The van der Waals surface area contributed by atoms with Crippen LogP contribution in [0, 0.1) is 23.7 Å². The number of nitrogens with one attached hydrogen (secondary N) is 1. The van der Waals surface area contributed by atoms with Gasteiger partial charge in [0.15, 0.2) is 0 Å². The first-order chi connectivity index (χ1) is 7.96. The zero-order valence-corrected chi connectivity index (χ0v) is 11.2. The molecule has 0 saturated carbocycles. The van der Waals surface area contributed by atoms with E-state index in [-0.39, 0.29) is 5.41 Å². The Morgan fingerprint density at radius 3 is 2.59 bits per heavy atom. The third-order valence-corrected chi connectivity index (χ3v) is 3.16. The van der Waals surface area contributed by atoms with Crippen LogP contribution in [-0.2, 0) is 0 Å². The normalized spacial score (nSPS) is 13.1. The van der Waals surface area contributed by atoms with Gasteiger partial charge in [-0.25, -0.2) is 0 Å². The van der Waals surface area contributed by atoms with E-state index in [0.29, 0.717) is 6.04 Å². The monoisotopic (exact) mass is 230 g/mol. The highest BCUT2D eigenvalue weighted by molar-refractivity contribution is 5.28. The van der Waals surface area contributed by atoms with Crippen molar-refractivity contribution in [3.05, 3.63) is 35.4 Å². The summed E-state index contributed by atoms with van der Waals surface area (Å²) >= 11 is 0. The van der Waals surface area contributed by atoms with Crippen molar-refractivity contribution >= 4 is 0 Å². The van der Waals surface area contributed by atoms with Crippen molar-refractivity contribution < 1.29 is 0 Å². The molecule has 0 aliphatic heterocycles. The van der Waals surface area contributed by atoms with E-state index in [4.69, 9.17) is 5.26 Å². The molecule has 0 unspecified atom stereocenters. The zero-order chi connectivity index (χ0) is 12.9. The van der Waals surface area contributed by atoms with Gasteiger partial charge in [0.25, 0.3) is 0 Å². The molecule has 0 aliphatic rings. The Balaban J connectivity index is 2.49. The first kappa shape index (κ1) is 13.7. The van der Waals surface area contributed by atoms with Crippen LogP contribution in [0.4, 0.5) is 0 Å². The van der Waals surface area contributed by atoms with E-state index in [1.54, 1.807) is 0 Å². The van der Waals surface area contributed by atoms with Gasteiger partial charge >= 0.3 is 0 Å². The number of nitrogens with zero attached hydrogens (tertiary/aromatic N) is 1. The Morgan fingerprint density at radius 2 is 2.00 bits per heavy atom. The van der Waals surface area contributed by atoms with Crippen LogP contribution in [0.2, 0.25) is 0 Å². The Hall–Kier alpha value is -1.33. The number of hydrogen-bond acceptors (Lipinski definition) is 2. The summed E-state index contributed by atoms with van der Waals surface area (Å²) in [6.45, 7) is 9.13. The van der Waals surface area contributed by atoms with Gasteiger partial charge in [0, 0.05) is 6.04 Å².